The molecule has 0 N–H and O–H groups in total. The number of rotatable bonds is 10. The third-order valence-corrected chi connectivity index (χ3v) is 4.00. The summed E-state index contributed by atoms with van der Waals surface area (Å²) >= 11 is 0. The first kappa shape index (κ1) is 14.0. The van der Waals surface area contributed by atoms with Crippen LogP contribution in [0, 0.1) is 0 Å². The van der Waals surface area contributed by atoms with Crippen molar-refractivity contribution >= 4 is 0 Å². The topological polar surface area (TPSA) is 12.5 Å². The summed E-state index contributed by atoms with van der Waals surface area (Å²) in [6.45, 7) is 6.82. The van der Waals surface area contributed by atoms with Crippen LogP contribution in [0.1, 0.15) is 85.0 Å². The van der Waals surface area contributed by atoms with E-state index < -0.39 is 0 Å². The van der Waals surface area contributed by atoms with Gasteiger partial charge in [0.15, 0.2) is 0 Å². The highest BCUT2D eigenvalue weighted by Gasteiger charge is 2.52. The Morgan fingerprint density at radius 1 is 0.875 bits per heavy atom. The van der Waals surface area contributed by atoms with Crippen LogP contribution < -0.4 is 0 Å². The summed E-state index contributed by atoms with van der Waals surface area (Å²) in [4.78, 5) is 0. The average Bonchev–Trinajstić information content (AvgIpc) is 2.98. The van der Waals surface area contributed by atoms with Crippen LogP contribution in [0.25, 0.3) is 0 Å². The molecule has 0 aromatic heterocycles. The molecule has 0 aromatic rings. The summed E-state index contributed by atoms with van der Waals surface area (Å²) in [5.74, 6) is 0. The van der Waals surface area contributed by atoms with Gasteiger partial charge in [-0.3, -0.25) is 0 Å². The molecule has 1 saturated heterocycles. The molecule has 0 aromatic carbocycles. The molecule has 1 nitrogen and oxygen atoms in total. The van der Waals surface area contributed by atoms with E-state index in [-0.39, 0.29) is 0 Å². The van der Waals surface area contributed by atoms with Crippen molar-refractivity contribution in [3.8, 4) is 0 Å². The minimum Gasteiger partial charge on any atom is -0.366 e. The maximum absolute atomic E-state index is 5.92. The zero-order chi connectivity index (χ0) is 11.9. The molecule has 0 spiro atoms. The fourth-order valence-corrected chi connectivity index (χ4v) is 2.81. The first-order valence-corrected chi connectivity index (χ1v) is 7.47. The number of ether oxygens (including phenoxy) is 1. The summed E-state index contributed by atoms with van der Waals surface area (Å²) in [6, 6.07) is 0. The van der Waals surface area contributed by atoms with Crippen LogP contribution in [0.2, 0.25) is 0 Å². The molecule has 0 radical (unpaired) electrons. The van der Waals surface area contributed by atoms with Gasteiger partial charge in [-0.2, -0.15) is 0 Å². The summed E-state index contributed by atoms with van der Waals surface area (Å²) in [6.07, 6.45) is 14.0. The van der Waals surface area contributed by atoms with Crippen LogP contribution >= 0.6 is 0 Å². The van der Waals surface area contributed by atoms with Gasteiger partial charge in [0.25, 0.3) is 0 Å². The molecule has 16 heavy (non-hydrogen) atoms. The SMILES string of the molecule is CCCCCCCCC1OC1(CC)CCC. The summed E-state index contributed by atoms with van der Waals surface area (Å²) < 4.78 is 5.92. The molecular formula is C15H30O. The molecule has 1 rings (SSSR count). The van der Waals surface area contributed by atoms with Crippen molar-refractivity contribution in [1.82, 2.24) is 0 Å². The van der Waals surface area contributed by atoms with Gasteiger partial charge in [0.1, 0.15) is 0 Å². The summed E-state index contributed by atoms with van der Waals surface area (Å²) in [5.41, 5.74) is 0.304. The first-order chi connectivity index (χ1) is 7.79. The van der Waals surface area contributed by atoms with Crippen LogP contribution in [-0.2, 0) is 4.74 Å². The lowest BCUT2D eigenvalue weighted by Gasteiger charge is -2.07. The Hall–Kier alpha value is -0.0400. The Bertz CT molecular complexity index is 178. The molecule has 0 amide bonds. The van der Waals surface area contributed by atoms with Gasteiger partial charge in [0.2, 0.25) is 0 Å². The van der Waals surface area contributed by atoms with Crippen molar-refractivity contribution in [3.63, 3.8) is 0 Å². The smallest absolute Gasteiger partial charge is 0.0945 e. The lowest BCUT2D eigenvalue weighted by molar-refractivity contribution is 0.269. The number of epoxide rings is 1. The maximum Gasteiger partial charge on any atom is 0.0945 e. The van der Waals surface area contributed by atoms with E-state index in [1.807, 2.05) is 0 Å². The second-order valence-electron chi connectivity index (χ2n) is 5.33. The normalized spacial score (nSPS) is 28.3. The van der Waals surface area contributed by atoms with Gasteiger partial charge in [-0.25, -0.2) is 0 Å². The maximum atomic E-state index is 5.92. The molecule has 0 aliphatic carbocycles. The van der Waals surface area contributed by atoms with Gasteiger partial charge in [-0.1, -0.05) is 65.7 Å². The first-order valence-electron chi connectivity index (χ1n) is 7.47. The Morgan fingerprint density at radius 2 is 1.56 bits per heavy atom. The Morgan fingerprint density at radius 3 is 2.19 bits per heavy atom. The van der Waals surface area contributed by atoms with E-state index in [1.54, 1.807) is 0 Å². The van der Waals surface area contributed by atoms with Crippen LogP contribution in [0.3, 0.4) is 0 Å². The summed E-state index contributed by atoms with van der Waals surface area (Å²) in [7, 11) is 0. The monoisotopic (exact) mass is 226 g/mol. The highest BCUT2D eigenvalue weighted by molar-refractivity contribution is 5.00. The fraction of sp³-hybridized carbons (Fsp3) is 1.00. The summed E-state index contributed by atoms with van der Waals surface area (Å²) in [5, 5.41) is 0. The molecule has 2 atom stereocenters. The predicted octanol–water partition coefficient (Wildman–Crippen LogP) is 5.08. The number of unbranched alkanes of at least 4 members (excludes halogenated alkanes) is 5. The van der Waals surface area contributed by atoms with Crippen molar-refractivity contribution in [3.05, 3.63) is 0 Å². The minimum atomic E-state index is 0.304. The molecule has 0 saturated carbocycles. The van der Waals surface area contributed by atoms with Crippen molar-refractivity contribution in [2.24, 2.45) is 0 Å². The zero-order valence-electron chi connectivity index (χ0n) is 11.6. The largest absolute Gasteiger partial charge is 0.366 e. The second-order valence-corrected chi connectivity index (χ2v) is 5.33. The molecule has 96 valence electrons. The van der Waals surface area contributed by atoms with E-state index in [4.69, 9.17) is 4.74 Å². The number of hydrogen-bond acceptors (Lipinski definition) is 1. The third kappa shape index (κ3) is 4.08. The van der Waals surface area contributed by atoms with Crippen molar-refractivity contribution in [1.29, 1.82) is 0 Å². The van der Waals surface area contributed by atoms with Gasteiger partial charge in [0.05, 0.1) is 11.7 Å². The van der Waals surface area contributed by atoms with Gasteiger partial charge in [-0.05, 0) is 19.3 Å². The molecule has 1 heteroatoms. The zero-order valence-corrected chi connectivity index (χ0v) is 11.6. The van der Waals surface area contributed by atoms with Gasteiger partial charge in [-0.15, -0.1) is 0 Å². The third-order valence-electron chi connectivity index (χ3n) is 4.00. The van der Waals surface area contributed by atoms with Crippen molar-refractivity contribution < 1.29 is 4.74 Å². The molecule has 1 aliphatic rings. The van der Waals surface area contributed by atoms with Gasteiger partial charge >= 0.3 is 0 Å². The van der Waals surface area contributed by atoms with Crippen LogP contribution in [0.5, 0.6) is 0 Å². The van der Waals surface area contributed by atoms with E-state index in [1.165, 1.54) is 64.2 Å². The quantitative estimate of drug-likeness (QED) is 0.373. The molecule has 1 heterocycles. The predicted molar refractivity (Wildman–Crippen MR) is 70.8 cm³/mol. The van der Waals surface area contributed by atoms with Gasteiger partial charge < -0.3 is 4.74 Å². The van der Waals surface area contributed by atoms with Crippen LogP contribution in [0.4, 0.5) is 0 Å². The average molecular weight is 226 g/mol. The minimum absolute atomic E-state index is 0.304. The van der Waals surface area contributed by atoms with Gasteiger partial charge in [0, 0.05) is 0 Å². The van der Waals surface area contributed by atoms with Crippen molar-refractivity contribution in [2.75, 3.05) is 0 Å². The Labute approximate surface area is 102 Å². The van der Waals surface area contributed by atoms with E-state index in [2.05, 4.69) is 20.8 Å². The highest BCUT2D eigenvalue weighted by atomic mass is 16.6. The fourth-order valence-electron chi connectivity index (χ4n) is 2.81. The lowest BCUT2D eigenvalue weighted by atomic mass is 9.93. The molecule has 2 unspecified atom stereocenters. The van der Waals surface area contributed by atoms with E-state index in [0.29, 0.717) is 11.7 Å². The van der Waals surface area contributed by atoms with Crippen LogP contribution in [-0.4, -0.2) is 11.7 Å². The Balaban J connectivity index is 1.99. The lowest BCUT2D eigenvalue weighted by Crippen LogP contribution is -2.13. The molecule has 1 fully saturated rings. The molecular weight excluding hydrogens is 196 g/mol. The molecule has 1 aliphatic heterocycles. The van der Waals surface area contributed by atoms with E-state index >= 15 is 0 Å². The second kappa shape index (κ2) is 7.32. The van der Waals surface area contributed by atoms with E-state index in [9.17, 15) is 0 Å². The Kier molecular flexibility index (Phi) is 6.41. The highest BCUT2D eigenvalue weighted by Crippen LogP contribution is 2.46. The van der Waals surface area contributed by atoms with Crippen molar-refractivity contribution in [2.45, 2.75) is 96.7 Å². The number of hydrogen-bond donors (Lipinski definition) is 0. The standard InChI is InChI=1S/C15H30O/c1-4-7-8-9-10-11-12-14-15(6-3,16-14)13-5-2/h14H,4-13H2,1-3H3. The van der Waals surface area contributed by atoms with E-state index in [0.717, 1.165) is 0 Å². The molecule has 0 bridgehead atoms. The van der Waals surface area contributed by atoms with Crippen LogP contribution in [0.15, 0.2) is 0 Å².